The SMILES string of the molecule is C[C@@H]1C[C@H](C)CN(S(=O)(=O)c2ccc(C(=O)N3CCN(c4ccccc4F)CC3)cc2)C1. The lowest BCUT2D eigenvalue weighted by Crippen LogP contribution is -2.49. The fraction of sp³-hybridized carbons (Fsp3) is 0.458. The summed E-state index contributed by atoms with van der Waals surface area (Å²) in [4.78, 5) is 16.8. The number of carbonyl (C=O) groups excluding carboxylic acids is 1. The fourth-order valence-corrected chi connectivity index (χ4v) is 6.44. The lowest BCUT2D eigenvalue weighted by atomic mass is 9.94. The monoisotopic (exact) mass is 459 g/mol. The quantitative estimate of drug-likeness (QED) is 0.703. The number of nitrogens with zero attached hydrogens (tertiary/aromatic N) is 3. The van der Waals surface area contributed by atoms with Crippen molar-refractivity contribution in [2.75, 3.05) is 44.2 Å². The third-order valence-corrected chi connectivity index (χ3v) is 8.18. The number of anilines is 1. The van der Waals surface area contributed by atoms with E-state index in [1.165, 1.54) is 18.2 Å². The van der Waals surface area contributed by atoms with E-state index in [1.807, 2.05) is 4.90 Å². The summed E-state index contributed by atoms with van der Waals surface area (Å²) in [7, 11) is -3.57. The van der Waals surface area contributed by atoms with Crippen molar-refractivity contribution in [3.8, 4) is 0 Å². The van der Waals surface area contributed by atoms with Gasteiger partial charge in [0, 0.05) is 44.8 Å². The van der Waals surface area contributed by atoms with E-state index >= 15 is 0 Å². The number of piperidine rings is 1. The van der Waals surface area contributed by atoms with Crippen molar-refractivity contribution in [3.63, 3.8) is 0 Å². The van der Waals surface area contributed by atoms with Gasteiger partial charge in [0.1, 0.15) is 5.82 Å². The Labute approximate surface area is 189 Å². The number of rotatable bonds is 4. The molecule has 2 heterocycles. The molecule has 0 N–H and O–H groups in total. The minimum atomic E-state index is -3.57. The first-order valence-electron chi connectivity index (χ1n) is 11.1. The van der Waals surface area contributed by atoms with E-state index in [0.717, 1.165) is 6.42 Å². The molecular formula is C24H30FN3O3S. The van der Waals surface area contributed by atoms with Crippen LogP contribution in [-0.2, 0) is 10.0 Å². The van der Waals surface area contributed by atoms with Crippen LogP contribution in [0.1, 0.15) is 30.6 Å². The normalized spacial score (nSPS) is 22.7. The van der Waals surface area contributed by atoms with Gasteiger partial charge in [-0.2, -0.15) is 4.31 Å². The minimum Gasteiger partial charge on any atom is -0.366 e. The van der Waals surface area contributed by atoms with E-state index in [9.17, 15) is 17.6 Å². The van der Waals surface area contributed by atoms with Crippen LogP contribution >= 0.6 is 0 Å². The number of hydrogen-bond acceptors (Lipinski definition) is 4. The predicted molar refractivity (Wildman–Crippen MR) is 123 cm³/mol. The van der Waals surface area contributed by atoms with Crippen LogP contribution in [-0.4, -0.2) is 62.8 Å². The Kier molecular flexibility index (Phi) is 6.53. The average molecular weight is 460 g/mol. The summed E-state index contributed by atoms with van der Waals surface area (Å²) in [6.45, 7) is 7.26. The van der Waals surface area contributed by atoms with Gasteiger partial charge < -0.3 is 9.80 Å². The second-order valence-electron chi connectivity index (χ2n) is 9.02. The van der Waals surface area contributed by atoms with Gasteiger partial charge in [0.25, 0.3) is 5.91 Å². The highest BCUT2D eigenvalue weighted by atomic mass is 32.2. The molecule has 2 atom stereocenters. The summed E-state index contributed by atoms with van der Waals surface area (Å²) >= 11 is 0. The van der Waals surface area contributed by atoms with Crippen molar-refractivity contribution in [2.24, 2.45) is 11.8 Å². The molecule has 0 spiro atoms. The summed E-state index contributed by atoms with van der Waals surface area (Å²) in [5, 5.41) is 0. The van der Waals surface area contributed by atoms with E-state index in [0.29, 0.717) is 62.4 Å². The Morgan fingerprint density at radius 1 is 0.906 bits per heavy atom. The lowest BCUT2D eigenvalue weighted by molar-refractivity contribution is 0.0746. The molecule has 4 rings (SSSR count). The Balaban J connectivity index is 1.41. The van der Waals surface area contributed by atoms with E-state index < -0.39 is 10.0 Å². The number of amides is 1. The molecule has 2 aliphatic rings. The van der Waals surface area contributed by atoms with Gasteiger partial charge in [-0.25, -0.2) is 12.8 Å². The number of para-hydroxylation sites is 1. The molecule has 0 bridgehead atoms. The van der Waals surface area contributed by atoms with Gasteiger partial charge in [-0.1, -0.05) is 26.0 Å². The molecule has 2 saturated heterocycles. The summed E-state index contributed by atoms with van der Waals surface area (Å²) in [5.41, 5.74) is 1.01. The molecule has 1 amide bonds. The standard InChI is InChI=1S/C24H30FN3O3S/c1-18-15-19(2)17-28(16-18)32(30,31)21-9-7-20(8-10-21)24(29)27-13-11-26(12-14-27)23-6-4-3-5-22(23)25/h3-10,18-19H,11-17H2,1-2H3/t18-,19+. The molecule has 0 aromatic heterocycles. The van der Waals surface area contributed by atoms with Crippen LogP contribution in [0.2, 0.25) is 0 Å². The Bertz CT molecular complexity index is 1060. The van der Waals surface area contributed by atoms with Crippen molar-refractivity contribution in [2.45, 2.75) is 25.2 Å². The summed E-state index contributed by atoms with van der Waals surface area (Å²) in [6.07, 6.45) is 1.03. The molecule has 0 radical (unpaired) electrons. The fourth-order valence-electron chi connectivity index (χ4n) is 4.76. The lowest BCUT2D eigenvalue weighted by Gasteiger charge is -2.36. The first kappa shape index (κ1) is 22.7. The molecule has 32 heavy (non-hydrogen) atoms. The molecule has 2 aromatic carbocycles. The summed E-state index contributed by atoms with van der Waals surface area (Å²) in [5.74, 6) is 0.263. The van der Waals surface area contributed by atoms with Crippen LogP contribution < -0.4 is 4.90 Å². The molecular weight excluding hydrogens is 429 g/mol. The van der Waals surface area contributed by atoms with Gasteiger partial charge in [0.15, 0.2) is 0 Å². The Hall–Kier alpha value is -2.45. The van der Waals surface area contributed by atoms with E-state index in [1.54, 1.807) is 39.5 Å². The third-order valence-electron chi connectivity index (χ3n) is 6.33. The van der Waals surface area contributed by atoms with Crippen LogP contribution in [0.25, 0.3) is 0 Å². The molecule has 172 valence electrons. The largest absolute Gasteiger partial charge is 0.366 e. The third kappa shape index (κ3) is 4.66. The zero-order valence-corrected chi connectivity index (χ0v) is 19.4. The van der Waals surface area contributed by atoms with Crippen LogP contribution in [0.4, 0.5) is 10.1 Å². The van der Waals surface area contributed by atoms with E-state index in [2.05, 4.69) is 13.8 Å². The van der Waals surface area contributed by atoms with Gasteiger partial charge in [-0.05, 0) is 54.7 Å². The van der Waals surface area contributed by atoms with Crippen LogP contribution in [0.15, 0.2) is 53.4 Å². The highest BCUT2D eigenvalue weighted by Crippen LogP contribution is 2.27. The van der Waals surface area contributed by atoms with Gasteiger partial charge in [0.2, 0.25) is 10.0 Å². The Morgan fingerprint density at radius 2 is 1.50 bits per heavy atom. The highest BCUT2D eigenvalue weighted by molar-refractivity contribution is 7.89. The molecule has 8 heteroatoms. The molecule has 6 nitrogen and oxygen atoms in total. The highest BCUT2D eigenvalue weighted by Gasteiger charge is 2.32. The summed E-state index contributed by atoms with van der Waals surface area (Å²) in [6, 6.07) is 12.9. The van der Waals surface area contributed by atoms with Gasteiger partial charge in [0.05, 0.1) is 10.6 Å². The van der Waals surface area contributed by atoms with Crippen LogP contribution in [0, 0.1) is 17.7 Å². The van der Waals surface area contributed by atoms with Gasteiger partial charge in [-0.3, -0.25) is 4.79 Å². The second kappa shape index (κ2) is 9.19. The van der Waals surface area contributed by atoms with Crippen LogP contribution in [0.3, 0.4) is 0 Å². The number of piperazine rings is 1. The number of benzene rings is 2. The smallest absolute Gasteiger partial charge is 0.253 e. The van der Waals surface area contributed by atoms with Gasteiger partial charge >= 0.3 is 0 Å². The zero-order chi connectivity index (χ0) is 22.9. The van der Waals surface area contributed by atoms with Crippen molar-refractivity contribution in [3.05, 3.63) is 59.9 Å². The maximum absolute atomic E-state index is 14.0. The maximum atomic E-state index is 14.0. The van der Waals surface area contributed by atoms with Crippen molar-refractivity contribution in [1.29, 1.82) is 0 Å². The molecule has 2 fully saturated rings. The van der Waals surface area contributed by atoms with Crippen molar-refractivity contribution < 1.29 is 17.6 Å². The molecule has 0 unspecified atom stereocenters. The average Bonchev–Trinajstić information content (AvgIpc) is 2.78. The first-order valence-corrected chi connectivity index (χ1v) is 12.6. The first-order chi connectivity index (χ1) is 15.3. The van der Waals surface area contributed by atoms with E-state index in [4.69, 9.17) is 0 Å². The van der Waals surface area contributed by atoms with Crippen LogP contribution in [0.5, 0.6) is 0 Å². The second-order valence-corrected chi connectivity index (χ2v) is 11.0. The minimum absolute atomic E-state index is 0.137. The molecule has 0 saturated carbocycles. The summed E-state index contributed by atoms with van der Waals surface area (Å²) < 4.78 is 41.7. The number of sulfonamides is 1. The predicted octanol–water partition coefficient (Wildman–Crippen LogP) is 3.45. The number of hydrogen-bond donors (Lipinski definition) is 0. The number of halogens is 1. The van der Waals surface area contributed by atoms with Crippen molar-refractivity contribution >= 4 is 21.6 Å². The zero-order valence-electron chi connectivity index (χ0n) is 18.6. The Morgan fingerprint density at radius 3 is 2.09 bits per heavy atom. The maximum Gasteiger partial charge on any atom is 0.253 e. The topological polar surface area (TPSA) is 60.9 Å². The molecule has 0 aliphatic carbocycles. The number of carbonyl (C=O) groups is 1. The molecule has 2 aromatic rings. The van der Waals surface area contributed by atoms with Gasteiger partial charge in [-0.15, -0.1) is 0 Å². The van der Waals surface area contributed by atoms with Crippen molar-refractivity contribution in [1.82, 2.24) is 9.21 Å². The van der Waals surface area contributed by atoms with E-state index in [-0.39, 0.29) is 16.6 Å². The molecule has 2 aliphatic heterocycles.